The predicted octanol–water partition coefficient (Wildman–Crippen LogP) is 3.80. The van der Waals surface area contributed by atoms with Gasteiger partial charge in [0.15, 0.2) is 0 Å². The smallest absolute Gasteiger partial charge is 0.0702 e. The van der Waals surface area contributed by atoms with Crippen molar-refractivity contribution in [1.29, 1.82) is 0 Å². The minimum Gasteiger partial charge on any atom is -0.256 e. The van der Waals surface area contributed by atoms with Gasteiger partial charge in [-0.3, -0.25) is 4.98 Å². The lowest BCUT2D eigenvalue weighted by atomic mass is 10.1. The fourth-order valence-electron chi connectivity index (χ4n) is 1.40. The molecule has 0 saturated carbocycles. The summed E-state index contributed by atoms with van der Waals surface area (Å²) in [6, 6.07) is 12.4. The van der Waals surface area contributed by atoms with E-state index < -0.39 is 0 Å². The summed E-state index contributed by atoms with van der Waals surface area (Å²) in [4.78, 5) is 4.36. The van der Waals surface area contributed by atoms with Crippen LogP contribution >= 0.6 is 11.6 Å². The minimum atomic E-state index is 0.515. The largest absolute Gasteiger partial charge is 0.256 e. The van der Waals surface area contributed by atoms with Crippen LogP contribution in [0.4, 0.5) is 0 Å². The molecule has 0 N–H and O–H groups in total. The van der Waals surface area contributed by atoms with Crippen molar-refractivity contribution in [2.24, 2.45) is 0 Å². The van der Waals surface area contributed by atoms with E-state index in [9.17, 15) is 0 Å². The van der Waals surface area contributed by atoms with Gasteiger partial charge in [0.25, 0.3) is 0 Å². The molecule has 0 aliphatic heterocycles. The van der Waals surface area contributed by atoms with E-state index in [0.717, 1.165) is 16.8 Å². The number of aryl methyl sites for hydroxylation is 1. The van der Waals surface area contributed by atoms with Gasteiger partial charge in [0.2, 0.25) is 0 Å². The third kappa shape index (κ3) is 2.37. The van der Waals surface area contributed by atoms with Crippen molar-refractivity contribution in [2.75, 3.05) is 0 Å². The number of hydrogen-bond donors (Lipinski definition) is 0. The Morgan fingerprint density at radius 2 is 1.80 bits per heavy atom. The maximum Gasteiger partial charge on any atom is 0.0702 e. The van der Waals surface area contributed by atoms with E-state index in [1.807, 2.05) is 18.3 Å². The van der Waals surface area contributed by atoms with Crippen molar-refractivity contribution in [3.8, 4) is 11.3 Å². The Bertz CT molecular complexity index is 431. The quantitative estimate of drug-likeness (QED) is 0.698. The van der Waals surface area contributed by atoms with Crippen LogP contribution in [0.2, 0.25) is 0 Å². The van der Waals surface area contributed by atoms with Crippen molar-refractivity contribution in [2.45, 2.75) is 12.8 Å². The topological polar surface area (TPSA) is 12.9 Å². The van der Waals surface area contributed by atoms with Gasteiger partial charge in [0.1, 0.15) is 0 Å². The number of halogens is 1. The molecule has 2 heteroatoms. The van der Waals surface area contributed by atoms with Crippen LogP contribution in [0.5, 0.6) is 0 Å². The predicted molar refractivity (Wildman–Crippen MR) is 64.0 cm³/mol. The van der Waals surface area contributed by atoms with Gasteiger partial charge in [0, 0.05) is 17.6 Å². The van der Waals surface area contributed by atoms with Gasteiger partial charge in [0.05, 0.1) is 5.69 Å². The van der Waals surface area contributed by atoms with E-state index in [1.165, 1.54) is 5.56 Å². The van der Waals surface area contributed by atoms with Crippen LogP contribution < -0.4 is 0 Å². The lowest BCUT2D eigenvalue weighted by Gasteiger charge is -2.02. The molecular formula is C13H12ClN. The van der Waals surface area contributed by atoms with Crippen molar-refractivity contribution in [3.63, 3.8) is 0 Å². The summed E-state index contributed by atoms with van der Waals surface area (Å²) >= 11 is 5.71. The summed E-state index contributed by atoms with van der Waals surface area (Å²) in [5, 5.41) is 0. The van der Waals surface area contributed by atoms with Gasteiger partial charge in [-0.1, -0.05) is 35.9 Å². The molecule has 0 atom stereocenters. The lowest BCUT2D eigenvalue weighted by Crippen LogP contribution is -1.85. The molecule has 0 amide bonds. The van der Waals surface area contributed by atoms with Crippen LogP contribution in [-0.2, 0) is 5.88 Å². The van der Waals surface area contributed by atoms with E-state index in [0.29, 0.717) is 5.88 Å². The highest BCUT2D eigenvalue weighted by molar-refractivity contribution is 6.17. The molecule has 2 rings (SSSR count). The standard InChI is InChI=1S/C13H12ClN/c1-10-2-5-12(6-3-10)13-7-4-11(8-14)9-15-13/h2-7,9H,8H2,1H3. The first-order valence-electron chi connectivity index (χ1n) is 4.87. The number of hydrogen-bond acceptors (Lipinski definition) is 1. The van der Waals surface area contributed by atoms with Crippen molar-refractivity contribution in [3.05, 3.63) is 53.7 Å². The second-order valence-corrected chi connectivity index (χ2v) is 3.82. The molecule has 0 unspecified atom stereocenters. The molecular weight excluding hydrogens is 206 g/mol. The molecule has 76 valence electrons. The molecule has 1 aromatic carbocycles. The van der Waals surface area contributed by atoms with Gasteiger partial charge in [-0.25, -0.2) is 0 Å². The van der Waals surface area contributed by atoms with E-state index in [-0.39, 0.29) is 0 Å². The fourth-order valence-corrected chi connectivity index (χ4v) is 1.56. The van der Waals surface area contributed by atoms with E-state index in [2.05, 4.69) is 36.2 Å². The number of nitrogens with zero attached hydrogens (tertiary/aromatic N) is 1. The summed E-state index contributed by atoms with van der Waals surface area (Å²) in [7, 11) is 0. The maximum atomic E-state index is 5.71. The number of benzene rings is 1. The second kappa shape index (κ2) is 4.45. The number of rotatable bonds is 2. The number of alkyl halides is 1. The van der Waals surface area contributed by atoms with Gasteiger partial charge >= 0.3 is 0 Å². The average Bonchev–Trinajstić information content (AvgIpc) is 2.30. The summed E-state index contributed by atoms with van der Waals surface area (Å²) in [6.07, 6.45) is 1.82. The summed E-state index contributed by atoms with van der Waals surface area (Å²) < 4.78 is 0. The first-order valence-corrected chi connectivity index (χ1v) is 5.41. The van der Waals surface area contributed by atoms with Gasteiger partial charge in [-0.05, 0) is 18.6 Å². The third-order valence-electron chi connectivity index (χ3n) is 2.33. The van der Waals surface area contributed by atoms with E-state index >= 15 is 0 Å². The monoisotopic (exact) mass is 217 g/mol. The van der Waals surface area contributed by atoms with Crippen LogP contribution in [0.3, 0.4) is 0 Å². The average molecular weight is 218 g/mol. The molecule has 2 aromatic rings. The maximum absolute atomic E-state index is 5.71. The Kier molecular flexibility index (Phi) is 3.02. The lowest BCUT2D eigenvalue weighted by molar-refractivity contribution is 1.25. The van der Waals surface area contributed by atoms with Crippen LogP contribution in [0.25, 0.3) is 11.3 Å². The molecule has 0 spiro atoms. The van der Waals surface area contributed by atoms with Gasteiger partial charge < -0.3 is 0 Å². The minimum absolute atomic E-state index is 0.515. The molecule has 0 radical (unpaired) electrons. The molecule has 1 aromatic heterocycles. The van der Waals surface area contributed by atoms with Crippen molar-refractivity contribution < 1.29 is 0 Å². The Morgan fingerprint density at radius 1 is 1.07 bits per heavy atom. The zero-order chi connectivity index (χ0) is 10.7. The Morgan fingerprint density at radius 3 is 2.33 bits per heavy atom. The number of aromatic nitrogens is 1. The molecule has 0 fully saturated rings. The highest BCUT2D eigenvalue weighted by atomic mass is 35.5. The molecule has 0 aliphatic rings. The van der Waals surface area contributed by atoms with Crippen LogP contribution in [0.1, 0.15) is 11.1 Å². The molecule has 15 heavy (non-hydrogen) atoms. The second-order valence-electron chi connectivity index (χ2n) is 3.55. The summed E-state index contributed by atoms with van der Waals surface area (Å²) in [5.41, 5.74) is 4.44. The van der Waals surface area contributed by atoms with Crippen molar-refractivity contribution in [1.82, 2.24) is 4.98 Å². The van der Waals surface area contributed by atoms with Crippen molar-refractivity contribution >= 4 is 11.6 Å². The highest BCUT2D eigenvalue weighted by Gasteiger charge is 1.98. The first-order chi connectivity index (χ1) is 7.29. The number of pyridine rings is 1. The zero-order valence-corrected chi connectivity index (χ0v) is 9.33. The molecule has 1 heterocycles. The normalized spacial score (nSPS) is 10.3. The molecule has 0 saturated heterocycles. The zero-order valence-electron chi connectivity index (χ0n) is 8.57. The Balaban J connectivity index is 2.33. The molecule has 0 bridgehead atoms. The Hall–Kier alpha value is -1.34. The molecule has 0 aliphatic carbocycles. The van der Waals surface area contributed by atoms with Gasteiger partial charge in [-0.2, -0.15) is 0 Å². The Labute approximate surface area is 94.7 Å². The third-order valence-corrected chi connectivity index (χ3v) is 2.63. The summed E-state index contributed by atoms with van der Waals surface area (Å²) in [6.45, 7) is 2.08. The van der Waals surface area contributed by atoms with Gasteiger partial charge in [-0.15, -0.1) is 11.6 Å². The fraction of sp³-hybridized carbons (Fsp3) is 0.154. The summed E-state index contributed by atoms with van der Waals surface area (Å²) in [5.74, 6) is 0.515. The van der Waals surface area contributed by atoms with E-state index in [1.54, 1.807) is 0 Å². The first kappa shape index (κ1) is 10.2. The molecule has 1 nitrogen and oxygen atoms in total. The highest BCUT2D eigenvalue weighted by Crippen LogP contribution is 2.17. The van der Waals surface area contributed by atoms with Crippen LogP contribution in [-0.4, -0.2) is 4.98 Å². The van der Waals surface area contributed by atoms with Crippen LogP contribution in [0.15, 0.2) is 42.6 Å². The SMILES string of the molecule is Cc1ccc(-c2ccc(CCl)cn2)cc1. The van der Waals surface area contributed by atoms with Crippen LogP contribution in [0, 0.1) is 6.92 Å². The van der Waals surface area contributed by atoms with E-state index in [4.69, 9.17) is 11.6 Å².